The minimum absolute atomic E-state index is 0.238. The summed E-state index contributed by atoms with van der Waals surface area (Å²) in [6.45, 7) is 3.15. The predicted molar refractivity (Wildman–Crippen MR) is 84.5 cm³/mol. The summed E-state index contributed by atoms with van der Waals surface area (Å²) in [4.78, 5) is 12.4. The van der Waals surface area contributed by atoms with Crippen molar-refractivity contribution >= 4 is 34.8 Å². The molecular formula is C16H13Cl2F2NO. The molecule has 0 aliphatic carbocycles. The van der Waals surface area contributed by atoms with Gasteiger partial charge in [-0.1, -0.05) is 23.2 Å². The lowest BCUT2D eigenvalue weighted by atomic mass is 9.83. The maximum atomic E-state index is 13.3. The number of benzene rings is 2. The van der Waals surface area contributed by atoms with Crippen LogP contribution in [0.1, 0.15) is 19.4 Å². The van der Waals surface area contributed by atoms with Crippen molar-refractivity contribution < 1.29 is 13.6 Å². The zero-order valence-electron chi connectivity index (χ0n) is 11.9. The molecular weight excluding hydrogens is 331 g/mol. The van der Waals surface area contributed by atoms with E-state index in [2.05, 4.69) is 5.32 Å². The Morgan fingerprint density at radius 3 is 2.14 bits per heavy atom. The van der Waals surface area contributed by atoms with E-state index in [0.29, 0.717) is 15.7 Å². The van der Waals surface area contributed by atoms with Crippen LogP contribution in [0.15, 0.2) is 36.4 Å². The molecule has 0 radical (unpaired) electrons. The normalized spacial score (nSPS) is 11.4. The van der Waals surface area contributed by atoms with Crippen LogP contribution in [-0.2, 0) is 10.2 Å². The van der Waals surface area contributed by atoms with E-state index in [1.807, 2.05) is 0 Å². The molecule has 0 spiro atoms. The average molecular weight is 344 g/mol. The van der Waals surface area contributed by atoms with E-state index in [1.54, 1.807) is 26.0 Å². The van der Waals surface area contributed by atoms with Crippen LogP contribution in [-0.4, -0.2) is 5.91 Å². The van der Waals surface area contributed by atoms with Gasteiger partial charge in [0.2, 0.25) is 5.91 Å². The van der Waals surface area contributed by atoms with Gasteiger partial charge in [-0.3, -0.25) is 4.79 Å². The first kappa shape index (κ1) is 16.7. The van der Waals surface area contributed by atoms with Crippen LogP contribution < -0.4 is 5.32 Å². The fourth-order valence-corrected chi connectivity index (χ4v) is 2.21. The molecule has 0 aliphatic heterocycles. The lowest BCUT2D eigenvalue weighted by Gasteiger charge is -2.24. The molecule has 1 amide bonds. The first-order chi connectivity index (χ1) is 10.2. The lowest BCUT2D eigenvalue weighted by molar-refractivity contribution is -0.120. The number of hydrogen-bond acceptors (Lipinski definition) is 1. The van der Waals surface area contributed by atoms with Gasteiger partial charge in [0.15, 0.2) is 0 Å². The van der Waals surface area contributed by atoms with Crippen molar-refractivity contribution in [3.63, 3.8) is 0 Å². The fourth-order valence-electron chi connectivity index (χ4n) is 1.91. The third kappa shape index (κ3) is 3.57. The molecule has 0 bridgehead atoms. The smallest absolute Gasteiger partial charge is 0.234 e. The molecule has 0 atom stereocenters. The second-order valence-electron chi connectivity index (χ2n) is 5.37. The molecule has 0 saturated heterocycles. The molecule has 1 N–H and O–H groups in total. The number of hydrogen-bond donors (Lipinski definition) is 1. The van der Waals surface area contributed by atoms with Gasteiger partial charge in [-0.25, -0.2) is 8.78 Å². The molecule has 2 aromatic carbocycles. The largest absolute Gasteiger partial charge is 0.325 e. The number of carbonyl (C=O) groups is 1. The van der Waals surface area contributed by atoms with E-state index in [-0.39, 0.29) is 5.56 Å². The Hall–Kier alpha value is -1.65. The summed E-state index contributed by atoms with van der Waals surface area (Å²) in [5.74, 6) is -1.88. The number of carbonyl (C=O) groups excluding carboxylic acids is 1. The Morgan fingerprint density at radius 2 is 1.59 bits per heavy atom. The molecule has 2 aromatic rings. The van der Waals surface area contributed by atoms with Crippen LogP contribution in [0, 0.1) is 11.6 Å². The van der Waals surface area contributed by atoms with Crippen molar-refractivity contribution in [2.75, 3.05) is 5.32 Å². The molecule has 0 aromatic heterocycles. The number of rotatable bonds is 3. The predicted octanol–water partition coefficient (Wildman–Crippen LogP) is 5.19. The molecule has 22 heavy (non-hydrogen) atoms. The van der Waals surface area contributed by atoms with E-state index < -0.39 is 23.0 Å². The fraction of sp³-hybridized carbons (Fsp3) is 0.188. The minimum Gasteiger partial charge on any atom is -0.325 e. The van der Waals surface area contributed by atoms with Crippen molar-refractivity contribution in [1.29, 1.82) is 0 Å². The summed E-state index contributed by atoms with van der Waals surface area (Å²) >= 11 is 11.7. The molecule has 0 saturated carbocycles. The van der Waals surface area contributed by atoms with Crippen molar-refractivity contribution in [2.24, 2.45) is 0 Å². The van der Waals surface area contributed by atoms with E-state index in [9.17, 15) is 13.6 Å². The third-order valence-corrected chi connectivity index (χ3v) is 4.07. The van der Waals surface area contributed by atoms with E-state index in [1.165, 1.54) is 6.07 Å². The highest BCUT2D eigenvalue weighted by Crippen LogP contribution is 2.29. The van der Waals surface area contributed by atoms with Gasteiger partial charge in [0.25, 0.3) is 0 Å². The highest BCUT2D eigenvalue weighted by atomic mass is 35.5. The highest BCUT2D eigenvalue weighted by molar-refractivity contribution is 6.42. The maximum absolute atomic E-state index is 13.3. The molecule has 116 valence electrons. The molecule has 2 nitrogen and oxygen atoms in total. The summed E-state index contributed by atoms with van der Waals surface area (Å²) in [5, 5.41) is 3.33. The zero-order valence-corrected chi connectivity index (χ0v) is 13.4. The Labute approximate surface area is 137 Å². The van der Waals surface area contributed by atoms with Crippen LogP contribution in [0.3, 0.4) is 0 Å². The van der Waals surface area contributed by atoms with Gasteiger partial charge in [-0.05, 0) is 49.7 Å². The summed E-state index contributed by atoms with van der Waals surface area (Å²) in [6, 6.07) is 7.68. The lowest BCUT2D eigenvalue weighted by Crippen LogP contribution is -2.35. The van der Waals surface area contributed by atoms with Crippen molar-refractivity contribution in [3.05, 3.63) is 63.6 Å². The van der Waals surface area contributed by atoms with Gasteiger partial charge in [-0.15, -0.1) is 0 Å². The van der Waals surface area contributed by atoms with Crippen LogP contribution >= 0.6 is 23.2 Å². The van der Waals surface area contributed by atoms with E-state index in [0.717, 1.165) is 18.2 Å². The minimum atomic E-state index is -1.13. The topological polar surface area (TPSA) is 29.1 Å². The van der Waals surface area contributed by atoms with Gasteiger partial charge < -0.3 is 5.32 Å². The number of nitrogens with one attached hydrogen (secondary N) is 1. The number of anilines is 1. The molecule has 0 heterocycles. The number of amides is 1. The van der Waals surface area contributed by atoms with Crippen LogP contribution in [0.5, 0.6) is 0 Å². The average Bonchev–Trinajstić information content (AvgIpc) is 2.41. The highest BCUT2D eigenvalue weighted by Gasteiger charge is 2.31. The Kier molecular flexibility index (Phi) is 4.73. The molecule has 0 unspecified atom stereocenters. The van der Waals surface area contributed by atoms with Crippen molar-refractivity contribution in [3.8, 4) is 0 Å². The first-order valence-corrected chi connectivity index (χ1v) is 7.19. The monoisotopic (exact) mass is 343 g/mol. The first-order valence-electron chi connectivity index (χ1n) is 6.43. The molecule has 0 aliphatic rings. The summed E-state index contributed by atoms with van der Waals surface area (Å²) in [7, 11) is 0. The van der Waals surface area contributed by atoms with Crippen LogP contribution in [0.2, 0.25) is 10.0 Å². The molecule has 0 fully saturated rings. The Bertz CT molecular complexity index is 712. The summed E-state index contributed by atoms with van der Waals surface area (Å²) in [5.41, 5.74) is -0.443. The van der Waals surface area contributed by atoms with Crippen molar-refractivity contribution in [1.82, 2.24) is 0 Å². The van der Waals surface area contributed by atoms with Crippen molar-refractivity contribution in [2.45, 2.75) is 19.3 Å². The van der Waals surface area contributed by atoms with Gasteiger partial charge in [0.1, 0.15) is 11.6 Å². The van der Waals surface area contributed by atoms with Gasteiger partial charge in [0.05, 0.1) is 15.5 Å². The SMILES string of the molecule is CC(C)(C(=O)Nc1ccc(Cl)c(Cl)c1)c1cc(F)cc(F)c1. The zero-order chi connectivity index (χ0) is 16.5. The van der Waals surface area contributed by atoms with E-state index >= 15 is 0 Å². The molecule has 6 heteroatoms. The van der Waals surface area contributed by atoms with Gasteiger partial charge >= 0.3 is 0 Å². The second kappa shape index (κ2) is 6.23. The Balaban J connectivity index is 2.28. The summed E-state index contributed by atoms with van der Waals surface area (Å²) in [6.07, 6.45) is 0. The van der Waals surface area contributed by atoms with Gasteiger partial charge in [-0.2, -0.15) is 0 Å². The second-order valence-corrected chi connectivity index (χ2v) is 6.18. The maximum Gasteiger partial charge on any atom is 0.234 e. The number of halogens is 4. The summed E-state index contributed by atoms with van der Waals surface area (Å²) < 4.78 is 26.7. The molecule has 2 rings (SSSR count). The third-order valence-electron chi connectivity index (χ3n) is 3.33. The van der Waals surface area contributed by atoms with Gasteiger partial charge in [0, 0.05) is 11.8 Å². The van der Waals surface area contributed by atoms with Crippen LogP contribution in [0.4, 0.5) is 14.5 Å². The standard InChI is InChI=1S/C16H13Cl2F2NO/c1-16(2,9-5-10(19)7-11(20)6-9)15(22)21-12-3-4-13(17)14(18)8-12/h3-8H,1-2H3,(H,21,22). The Morgan fingerprint density at radius 1 is 1.00 bits per heavy atom. The quantitative estimate of drug-likeness (QED) is 0.816. The van der Waals surface area contributed by atoms with Crippen LogP contribution in [0.25, 0.3) is 0 Å². The van der Waals surface area contributed by atoms with E-state index in [4.69, 9.17) is 23.2 Å².